The van der Waals surface area contributed by atoms with Gasteiger partial charge in [-0.15, -0.1) is 0 Å². The number of benzene rings is 1. The Morgan fingerprint density at radius 3 is 2.60 bits per heavy atom. The van der Waals surface area contributed by atoms with Gasteiger partial charge < -0.3 is 8.94 Å². The molecule has 3 unspecified atom stereocenters. The van der Waals surface area contributed by atoms with Crippen molar-refractivity contribution >= 4 is 11.6 Å². The van der Waals surface area contributed by atoms with Crippen LogP contribution >= 0.6 is 0 Å². The Bertz CT molecular complexity index is 1110. The van der Waals surface area contributed by atoms with Gasteiger partial charge in [-0.25, -0.2) is 5.01 Å². The van der Waals surface area contributed by atoms with Gasteiger partial charge in [-0.05, 0) is 31.5 Å². The number of carbonyl (C=O) groups excluding carboxylic acids is 1. The lowest BCUT2D eigenvalue weighted by Crippen LogP contribution is -2.35. The van der Waals surface area contributed by atoms with Crippen LogP contribution in [0.2, 0.25) is 0 Å². The predicted octanol–water partition coefficient (Wildman–Crippen LogP) is 3.82. The number of hydrazine groups is 1. The van der Waals surface area contributed by atoms with E-state index in [2.05, 4.69) is 5.16 Å². The summed E-state index contributed by atoms with van der Waals surface area (Å²) in [6.45, 7) is 4.04. The molecular weight excluding hydrogens is 388 g/mol. The number of rotatable bonds is 4. The lowest BCUT2D eigenvalue weighted by atomic mass is 9.84. The molecule has 1 amide bonds. The predicted molar refractivity (Wildman–Crippen MR) is 104 cm³/mol. The Hall–Kier alpha value is -3.46. The Balaban J connectivity index is 1.74. The fourth-order valence-electron chi connectivity index (χ4n) is 4.68. The third-order valence-corrected chi connectivity index (χ3v) is 5.95. The first-order chi connectivity index (χ1) is 14.5. The van der Waals surface area contributed by atoms with Crippen molar-refractivity contribution in [2.45, 2.75) is 38.3 Å². The average Bonchev–Trinajstić information content (AvgIpc) is 3.47. The van der Waals surface area contributed by atoms with E-state index in [0.29, 0.717) is 18.7 Å². The van der Waals surface area contributed by atoms with Crippen LogP contribution < -0.4 is 0 Å². The van der Waals surface area contributed by atoms with E-state index in [-0.39, 0.29) is 23.0 Å². The van der Waals surface area contributed by atoms with Crippen molar-refractivity contribution in [2.24, 2.45) is 0 Å². The summed E-state index contributed by atoms with van der Waals surface area (Å²) in [5.41, 5.74) is 2.03. The van der Waals surface area contributed by atoms with Gasteiger partial charge in [-0.2, -0.15) is 0 Å². The summed E-state index contributed by atoms with van der Waals surface area (Å²) in [4.78, 5) is 24.3. The molecule has 0 aliphatic carbocycles. The van der Waals surface area contributed by atoms with Gasteiger partial charge in [0.15, 0.2) is 5.69 Å². The number of fused-ring (bicyclic) bond motifs is 1. The third kappa shape index (κ3) is 2.66. The van der Waals surface area contributed by atoms with E-state index in [1.807, 2.05) is 42.3 Å². The number of nitrogens with zero attached hydrogens (tertiary/aromatic N) is 4. The molecular formula is C21H20N4O5. The van der Waals surface area contributed by atoms with E-state index in [1.165, 1.54) is 0 Å². The number of carbonyl (C=O) groups is 1. The number of furan rings is 1. The van der Waals surface area contributed by atoms with Crippen LogP contribution in [0.1, 0.15) is 52.8 Å². The van der Waals surface area contributed by atoms with Gasteiger partial charge in [-0.1, -0.05) is 35.0 Å². The van der Waals surface area contributed by atoms with E-state index in [4.69, 9.17) is 8.94 Å². The number of amides is 1. The molecule has 1 aromatic carbocycles. The second-order valence-electron chi connectivity index (χ2n) is 7.73. The highest BCUT2D eigenvalue weighted by Crippen LogP contribution is 2.57. The standard InChI is InChI=1S/C21H20N4O5/c1-12-5-7-14(8-6-12)19-17(21-18(25(27)28)13(2)22-30-21)20(15-4-3-11-29-15)23-10-9-16(26)24(19)23/h3-8,11,17,19-20H,9-10H2,1-2H3. The smallest absolute Gasteiger partial charge is 0.334 e. The van der Waals surface area contributed by atoms with E-state index >= 15 is 0 Å². The van der Waals surface area contributed by atoms with Gasteiger partial charge >= 0.3 is 5.69 Å². The minimum absolute atomic E-state index is 0.0291. The highest BCUT2D eigenvalue weighted by Gasteiger charge is 2.58. The quantitative estimate of drug-likeness (QED) is 0.477. The second kappa shape index (κ2) is 6.81. The first kappa shape index (κ1) is 18.6. The van der Waals surface area contributed by atoms with Crippen LogP contribution in [0.5, 0.6) is 0 Å². The third-order valence-electron chi connectivity index (χ3n) is 5.95. The van der Waals surface area contributed by atoms with Crippen LogP contribution in [0.4, 0.5) is 5.69 Å². The van der Waals surface area contributed by atoms with Crippen molar-refractivity contribution in [3.8, 4) is 0 Å². The zero-order chi connectivity index (χ0) is 21.0. The lowest BCUT2D eigenvalue weighted by molar-refractivity contribution is -0.386. The van der Waals surface area contributed by atoms with Gasteiger partial charge in [-0.3, -0.25) is 19.9 Å². The van der Waals surface area contributed by atoms with Crippen LogP contribution in [-0.2, 0) is 4.79 Å². The Kier molecular flexibility index (Phi) is 4.21. The van der Waals surface area contributed by atoms with Gasteiger partial charge in [0.25, 0.3) is 0 Å². The summed E-state index contributed by atoms with van der Waals surface area (Å²) >= 11 is 0. The number of hydrogen-bond acceptors (Lipinski definition) is 7. The summed E-state index contributed by atoms with van der Waals surface area (Å²) < 4.78 is 11.3. The first-order valence-electron chi connectivity index (χ1n) is 9.76. The molecule has 2 aromatic heterocycles. The molecule has 4 heterocycles. The van der Waals surface area contributed by atoms with Gasteiger partial charge in [0.1, 0.15) is 5.76 Å². The van der Waals surface area contributed by atoms with E-state index < -0.39 is 22.9 Å². The zero-order valence-corrected chi connectivity index (χ0v) is 16.5. The molecule has 3 atom stereocenters. The summed E-state index contributed by atoms with van der Waals surface area (Å²) in [6.07, 6.45) is 1.94. The Morgan fingerprint density at radius 1 is 1.17 bits per heavy atom. The number of aromatic nitrogens is 1. The SMILES string of the molecule is Cc1ccc(C2C(c3onc(C)c3[N+](=O)[O-])C(c3ccco3)N3CCC(=O)N23)cc1. The fourth-order valence-corrected chi connectivity index (χ4v) is 4.68. The monoisotopic (exact) mass is 408 g/mol. The van der Waals surface area contributed by atoms with Crippen LogP contribution in [-0.4, -0.2) is 32.5 Å². The highest BCUT2D eigenvalue weighted by atomic mass is 16.6. The molecule has 2 fully saturated rings. The molecule has 2 aliphatic rings. The molecule has 2 saturated heterocycles. The molecule has 2 aliphatic heterocycles. The molecule has 154 valence electrons. The molecule has 3 aromatic rings. The summed E-state index contributed by atoms with van der Waals surface area (Å²) in [6, 6.07) is 10.5. The van der Waals surface area contributed by atoms with Gasteiger partial charge in [0.05, 0.1) is 29.2 Å². The lowest BCUT2D eigenvalue weighted by Gasteiger charge is -2.27. The van der Waals surface area contributed by atoms with Crippen molar-refractivity contribution in [1.29, 1.82) is 0 Å². The maximum absolute atomic E-state index is 12.9. The number of nitro groups is 1. The van der Waals surface area contributed by atoms with E-state index in [1.54, 1.807) is 24.3 Å². The first-order valence-corrected chi connectivity index (χ1v) is 9.76. The fraction of sp³-hybridized carbons (Fsp3) is 0.333. The van der Waals surface area contributed by atoms with Crippen molar-refractivity contribution in [3.63, 3.8) is 0 Å². The summed E-state index contributed by atoms with van der Waals surface area (Å²) in [7, 11) is 0. The topological polar surface area (TPSA) is 106 Å². The second-order valence-corrected chi connectivity index (χ2v) is 7.73. The van der Waals surface area contributed by atoms with Crippen LogP contribution in [0, 0.1) is 24.0 Å². The molecule has 0 bridgehead atoms. The number of aryl methyl sites for hydroxylation is 2. The van der Waals surface area contributed by atoms with Gasteiger partial charge in [0.2, 0.25) is 11.7 Å². The zero-order valence-electron chi connectivity index (χ0n) is 16.5. The van der Waals surface area contributed by atoms with E-state index in [9.17, 15) is 14.9 Å². The summed E-state index contributed by atoms with van der Waals surface area (Å²) in [5.74, 6) is 0.201. The largest absolute Gasteiger partial charge is 0.468 e. The molecule has 0 N–H and O–H groups in total. The van der Waals surface area contributed by atoms with Crippen molar-refractivity contribution in [1.82, 2.24) is 15.2 Å². The number of hydrogen-bond donors (Lipinski definition) is 0. The molecule has 5 rings (SSSR count). The van der Waals surface area contributed by atoms with Crippen molar-refractivity contribution in [2.75, 3.05) is 6.54 Å². The molecule has 30 heavy (non-hydrogen) atoms. The molecule has 0 saturated carbocycles. The molecule has 9 nitrogen and oxygen atoms in total. The minimum Gasteiger partial charge on any atom is -0.468 e. The Labute approximate surface area is 172 Å². The van der Waals surface area contributed by atoms with Crippen LogP contribution in [0.15, 0.2) is 51.6 Å². The maximum atomic E-state index is 12.9. The normalized spacial score (nSPS) is 23.9. The van der Waals surface area contributed by atoms with Crippen molar-refractivity contribution < 1.29 is 18.7 Å². The maximum Gasteiger partial charge on any atom is 0.334 e. The van der Waals surface area contributed by atoms with E-state index in [0.717, 1.165) is 11.1 Å². The minimum atomic E-state index is -0.551. The Morgan fingerprint density at radius 2 is 1.93 bits per heavy atom. The van der Waals surface area contributed by atoms with Gasteiger partial charge in [0, 0.05) is 13.0 Å². The average molecular weight is 408 g/mol. The van der Waals surface area contributed by atoms with Crippen LogP contribution in [0.25, 0.3) is 0 Å². The molecule has 0 radical (unpaired) electrons. The summed E-state index contributed by atoms with van der Waals surface area (Å²) in [5, 5.41) is 19.4. The highest BCUT2D eigenvalue weighted by molar-refractivity contribution is 5.79. The molecule has 0 spiro atoms. The van der Waals surface area contributed by atoms with Crippen molar-refractivity contribution in [3.05, 3.63) is 81.1 Å². The molecule has 9 heteroatoms. The van der Waals surface area contributed by atoms with Crippen LogP contribution in [0.3, 0.4) is 0 Å².